The van der Waals surface area contributed by atoms with Crippen LogP contribution >= 0.6 is 11.3 Å². The Bertz CT molecular complexity index is 371. The maximum atomic E-state index is 11.0. The van der Waals surface area contributed by atoms with Crippen molar-refractivity contribution in [2.75, 3.05) is 13.1 Å². The number of hydrogen-bond acceptors (Lipinski definition) is 4. The maximum absolute atomic E-state index is 11.0. The van der Waals surface area contributed by atoms with E-state index in [-0.39, 0.29) is 11.5 Å². The van der Waals surface area contributed by atoms with Gasteiger partial charge in [-0.3, -0.25) is 0 Å². The summed E-state index contributed by atoms with van der Waals surface area (Å²) in [5.74, 6) is -0.829. The summed E-state index contributed by atoms with van der Waals surface area (Å²) in [4.78, 5) is 11.5. The third kappa shape index (κ3) is 2.26. The molecule has 2 rings (SSSR count). The van der Waals surface area contributed by atoms with Crippen LogP contribution < -0.4 is 5.32 Å². The molecule has 1 aliphatic rings. The minimum atomic E-state index is -0.959. The van der Waals surface area contributed by atoms with Crippen molar-refractivity contribution in [2.45, 2.75) is 18.9 Å². The molecular formula is C11H15NO3S. The minimum Gasteiger partial charge on any atom is -0.478 e. The zero-order chi connectivity index (χ0) is 11.5. The Balaban J connectivity index is 2.15. The molecule has 88 valence electrons. The lowest BCUT2D eigenvalue weighted by molar-refractivity contribution is 0.0672. The molecule has 1 fully saturated rings. The predicted octanol–water partition coefficient (Wildman–Crippen LogP) is 1.48. The maximum Gasteiger partial charge on any atom is 0.336 e. The molecular weight excluding hydrogens is 226 g/mol. The molecule has 0 amide bonds. The number of thiophene rings is 1. The first-order valence-corrected chi connectivity index (χ1v) is 6.27. The van der Waals surface area contributed by atoms with Crippen LogP contribution in [0.2, 0.25) is 0 Å². The third-order valence-corrected chi connectivity index (χ3v) is 3.96. The van der Waals surface area contributed by atoms with Crippen LogP contribution in [0.25, 0.3) is 0 Å². The molecule has 0 radical (unpaired) electrons. The highest BCUT2D eigenvalue weighted by atomic mass is 32.1. The van der Waals surface area contributed by atoms with Gasteiger partial charge in [-0.1, -0.05) is 0 Å². The molecule has 2 unspecified atom stereocenters. The van der Waals surface area contributed by atoms with E-state index in [4.69, 9.17) is 5.11 Å². The highest BCUT2D eigenvalue weighted by Gasteiger charge is 2.27. The Morgan fingerprint density at radius 1 is 1.62 bits per heavy atom. The minimum absolute atomic E-state index is 0.130. The Morgan fingerprint density at radius 2 is 2.44 bits per heavy atom. The number of rotatable bonds is 3. The van der Waals surface area contributed by atoms with E-state index < -0.39 is 12.1 Å². The first-order valence-electron chi connectivity index (χ1n) is 5.39. The Morgan fingerprint density at radius 3 is 3.06 bits per heavy atom. The summed E-state index contributed by atoms with van der Waals surface area (Å²) in [7, 11) is 0. The van der Waals surface area contributed by atoms with Crippen LogP contribution in [0.15, 0.2) is 11.4 Å². The average Bonchev–Trinajstić information content (AvgIpc) is 2.78. The Kier molecular flexibility index (Phi) is 3.58. The van der Waals surface area contributed by atoms with Crippen molar-refractivity contribution in [1.82, 2.24) is 5.32 Å². The number of aliphatic hydroxyl groups excluding tert-OH is 1. The molecule has 1 aromatic heterocycles. The van der Waals surface area contributed by atoms with Crippen molar-refractivity contribution >= 4 is 17.3 Å². The summed E-state index contributed by atoms with van der Waals surface area (Å²) in [6.45, 7) is 1.75. The molecule has 1 aromatic rings. The van der Waals surface area contributed by atoms with Gasteiger partial charge in [0.2, 0.25) is 0 Å². The lowest BCUT2D eigenvalue weighted by atomic mass is 9.92. The molecule has 2 heterocycles. The van der Waals surface area contributed by atoms with Gasteiger partial charge in [0.25, 0.3) is 0 Å². The van der Waals surface area contributed by atoms with Gasteiger partial charge in [-0.25, -0.2) is 4.79 Å². The summed E-state index contributed by atoms with van der Waals surface area (Å²) in [5, 5.41) is 24.1. The summed E-state index contributed by atoms with van der Waals surface area (Å²) in [5.41, 5.74) is 0.239. The van der Waals surface area contributed by atoms with E-state index in [0.29, 0.717) is 4.88 Å². The first kappa shape index (κ1) is 11.6. The summed E-state index contributed by atoms with van der Waals surface area (Å²) in [6.07, 6.45) is 1.33. The van der Waals surface area contributed by atoms with Crippen LogP contribution in [0, 0.1) is 5.92 Å². The lowest BCUT2D eigenvalue weighted by Gasteiger charge is -2.27. The third-order valence-electron chi connectivity index (χ3n) is 2.98. The van der Waals surface area contributed by atoms with Crippen LogP contribution in [0.4, 0.5) is 0 Å². The number of carboxylic acids is 1. The molecule has 0 aromatic carbocycles. The van der Waals surface area contributed by atoms with E-state index in [1.54, 1.807) is 11.4 Å². The van der Waals surface area contributed by atoms with Gasteiger partial charge >= 0.3 is 5.97 Å². The number of aromatic carboxylic acids is 1. The molecule has 4 nitrogen and oxygen atoms in total. The van der Waals surface area contributed by atoms with Gasteiger partial charge in [0.1, 0.15) is 0 Å². The second kappa shape index (κ2) is 4.95. The highest BCUT2D eigenvalue weighted by Crippen LogP contribution is 2.32. The Hall–Kier alpha value is -0.910. The summed E-state index contributed by atoms with van der Waals surface area (Å²) < 4.78 is 0. The average molecular weight is 241 g/mol. The number of piperidine rings is 1. The molecule has 2 atom stereocenters. The fourth-order valence-corrected chi connectivity index (χ4v) is 3.05. The van der Waals surface area contributed by atoms with Crippen LogP contribution in [-0.4, -0.2) is 29.3 Å². The van der Waals surface area contributed by atoms with E-state index in [0.717, 1.165) is 25.9 Å². The lowest BCUT2D eigenvalue weighted by Crippen LogP contribution is -2.33. The molecule has 3 N–H and O–H groups in total. The second-order valence-electron chi connectivity index (χ2n) is 4.05. The number of nitrogens with one attached hydrogen (secondary N) is 1. The van der Waals surface area contributed by atoms with Gasteiger partial charge in [-0.15, -0.1) is 11.3 Å². The number of aliphatic hydroxyl groups is 1. The van der Waals surface area contributed by atoms with Gasteiger partial charge in [0, 0.05) is 17.3 Å². The van der Waals surface area contributed by atoms with E-state index in [9.17, 15) is 9.90 Å². The molecule has 0 bridgehead atoms. The van der Waals surface area contributed by atoms with Crippen LogP contribution in [-0.2, 0) is 0 Å². The fourth-order valence-electron chi connectivity index (χ4n) is 2.09. The zero-order valence-corrected chi connectivity index (χ0v) is 9.67. The van der Waals surface area contributed by atoms with Gasteiger partial charge in [0.05, 0.1) is 11.7 Å². The van der Waals surface area contributed by atoms with Crippen molar-refractivity contribution in [3.05, 3.63) is 21.9 Å². The van der Waals surface area contributed by atoms with Gasteiger partial charge in [-0.05, 0) is 30.8 Å². The topological polar surface area (TPSA) is 69.6 Å². The van der Waals surface area contributed by atoms with Gasteiger partial charge in [-0.2, -0.15) is 0 Å². The normalized spacial score (nSPS) is 22.9. The van der Waals surface area contributed by atoms with Crippen molar-refractivity contribution in [1.29, 1.82) is 0 Å². The molecule has 1 aliphatic heterocycles. The molecule has 5 heteroatoms. The largest absolute Gasteiger partial charge is 0.478 e. The quantitative estimate of drug-likeness (QED) is 0.749. The SMILES string of the molecule is O=C(O)c1ccsc1C(O)C1CCCNC1. The first-order chi connectivity index (χ1) is 7.70. The predicted molar refractivity (Wildman–Crippen MR) is 61.8 cm³/mol. The van der Waals surface area contributed by atoms with Crippen molar-refractivity contribution < 1.29 is 15.0 Å². The standard InChI is InChI=1S/C11H15NO3S/c13-9(7-2-1-4-12-6-7)10-8(11(14)15)3-5-16-10/h3,5,7,9,12-13H,1-2,4,6H2,(H,14,15). The molecule has 0 spiro atoms. The number of carboxylic acid groups (broad SMARTS) is 1. The Labute approximate surface area is 97.9 Å². The zero-order valence-electron chi connectivity index (χ0n) is 8.85. The van der Waals surface area contributed by atoms with Gasteiger partial charge in [0.15, 0.2) is 0 Å². The number of hydrogen-bond donors (Lipinski definition) is 3. The van der Waals surface area contributed by atoms with Crippen LogP contribution in [0.1, 0.15) is 34.2 Å². The number of carbonyl (C=O) groups is 1. The van der Waals surface area contributed by atoms with Gasteiger partial charge < -0.3 is 15.5 Å². The monoisotopic (exact) mass is 241 g/mol. The highest BCUT2D eigenvalue weighted by molar-refractivity contribution is 7.10. The molecule has 0 aliphatic carbocycles. The van der Waals surface area contributed by atoms with Crippen molar-refractivity contribution in [3.63, 3.8) is 0 Å². The summed E-state index contributed by atoms with van der Waals surface area (Å²) in [6, 6.07) is 1.56. The summed E-state index contributed by atoms with van der Waals surface area (Å²) >= 11 is 1.32. The van der Waals surface area contributed by atoms with Crippen molar-refractivity contribution in [2.24, 2.45) is 5.92 Å². The van der Waals surface area contributed by atoms with E-state index >= 15 is 0 Å². The molecule has 1 saturated heterocycles. The molecule has 16 heavy (non-hydrogen) atoms. The van der Waals surface area contributed by atoms with Crippen LogP contribution in [0.3, 0.4) is 0 Å². The van der Waals surface area contributed by atoms with E-state index in [1.165, 1.54) is 11.3 Å². The fraction of sp³-hybridized carbons (Fsp3) is 0.545. The smallest absolute Gasteiger partial charge is 0.336 e. The second-order valence-corrected chi connectivity index (χ2v) is 5.00. The van der Waals surface area contributed by atoms with Crippen LogP contribution in [0.5, 0.6) is 0 Å². The molecule has 0 saturated carbocycles. The van der Waals surface area contributed by atoms with E-state index in [2.05, 4.69) is 5.32 Å². The van der Waals surface area contributed by atoms with Crippen molar-refractivity contribution in [3.8, 4) is 0 Å². The van der Waals surface area contributed by atoms with E-state index in [1.807, 2.05) is 0 Å².